The molecule has 2 fully saturated rings. The van der Waals surface area contributed by atoms with Crippen molar-refractivity contribution in [1.82, 2.24) is 14.7 Å². The van der Waals surface area contributed by atoms with Crippen molar-refractivity contribution in [3.8, 4) is 0 Å². The number of carbonyl (C=O) groups is 3. The molecular formula is C20H20FN3O3S. The van der Waals surface area contributed by atoms with E-state index in [1.165, 1.54) is 12.1 Å². The summed E-state index contributed by atoms with van der Waals surface area (Å²) in [4.78, 5) is 42.5. The molecule has 4 rings (SSSR count). The Bertz CT molecular complexity index is 881. The van der Waals surface area contributed by atoms with Gasteiger partial charge in [0.05, 0.1) is 6.67 Å². The number of hydrogen-bond donors (Lipinski definition) is 0. The van der Waals surface area contributed by atoms with Crippen LogP contribution in [0.15, 0.2) is 41.8 Å². The molecule has 1 aromatic heterocycles. The fraction of sp³-hybridized carbons (Fsp3) is 0.350. The molecule has 6 nitrogen and oxygen atoms in total. The van der Waals surface area contributed by atoms with Gasteiger partial charge in [0.1, 0.15) is 5.82 Å². The van der Waals surface area contributed by atoms with Crippen LogP contribution >= 0.6 is 11.3 Å². The average Bonchev–Trinajstić information content (AvgIpc) is 3.37. The van der Waals surface area contributed by atoms with Crippen molar-refractivity contribution >= 4 is 29.2 Å². The summed E-state index contributed by atoms with van der Waals surface area (Å²) in [6, 6.07) is 9.72. The van der Waals surface area contributed by atoms with E-state index in [4.69, 9.17) is 0 Å². The van der Waals surface area contributed by atoms with Gasteiger partial charge in [-0.2, -0.15) is 0 Å². The van der Waals surface area contributed by atoms with Gasteiger partial charge in [0.25, 0.3) is 0 Å². The summed E-state index contributed by atoms with van der Waals surface area (Å²) in [5.41, 5.74) is 0.897. The Morgan fingerprint density at radius 2 is 1.75 bits per heavy atom. The SMILES string of the molecule is O=C1C(=O)N(CN(Cc2ccc(F)cc2)C2CC2)C(=O)N1CCc1cccs1. The van der Waals surface area contributed by atoms with Crippen LogP contribution in [0.25, 0.3) is 0 Å². The fourth-order valence-electron chi connectivity index (χ4n) is 3.29. The molecule has 146 valence electrons. The van der Waals surface area contributed by atoms with Gasteiger partial charge in [-0.25, -0.2) is 14.1 Å². The van der Waals surface area contributed by atoms with Crippen molar-refractivity contribution in [3.63, 3.8) is 0 Å². The molecule has 0 radical (unpaired) electrons. The van der Waals surface area contributed by atoms with Crippen LogP contribution in [0, 0.1) is 5.82 Å². The number of halogens is 1. The van der Waals surface area contributed by atoms with Crippen LogP contribution in [0.2, 0.25) is 0 Å². The van der Waals surface area contributed by atoms with E-state index in [-0.39, 0.29) is 25.1 Å². The Morgan fingerprint density at radius 1 is 1.04 bits per heavy atom. The summed E-state index contributed by atoms with van der Waals surface area (Å²) in [5, 5.41) is 1.93. The van der Waals surface area contributed by atoms with Crippen LogP contribution < -0.4 is 0 Å². The van der Waals surface area contributed by atoms with Crippen LogP contribution in [-0.4, -0.2) is 51.8 Å². The highest BCUT2D eigenvalue weighted by Gasteiger charge is 2.45. The first-order valence-electron chi connectivity index (χ1n) is 9.21. The van der Waals surface area contributed by atoms with E-state index in [2.05, 4.69) is 0 Å². The number of benzene rings is 1. The van der Waals surface area contributed by atoms with Gasteiger partial charge in [0.15, 0.2) is 0 Å². The molecule has 28 heavy (non-hydrogen) atoms. The number of nitrogens with zero attached hydrogens (tertiary/aromatic N) is 3. The lowest BCUT2D eigenvalue weighted by Gasteiger charge is -2.26. The maximum atomic E-state index is 13.1. The summed E-state index contributed by atoms with van der Waals surface area (Å²) in [6.07, 6.45) is 2.50. The Kier molecular flexibility index (Phi) is 5.23. The lowest BCUT2D eigenvalue weighted by molar-refractivity contribution is -0.144. The van der Waals surface area contributed by atoms with Crippen molar-refractivity contribution in [2.45, 2.75) is 31.8 Å². The molecule has 0 N–H and O–H groups in total. The molecule has 2 heterocycles. The second kappa shape index (κ2) is 7.81. The smallest absolute Gasteiger partial charge is 0.278 e. The maximum absolute atomic E-state index is 13.1. The minimum Gasteiger partial charge on any atom is -0.278 e. The zero-order valence-corrected chi connectivity index (χ0v) is 16.0. The Balaban J connectivity index is 1.43. The summed E-state index contributed by atoms with van der Waals surface area (Å²) in [6.45, 7) is 0.758. The molecule has 4 amide bonds. The van der Waals surface area contributed by atoms with Gasteiger partial charge in [0.2, 0.25) is 0 Å². The number of carbonyl (C=O) groups excluding carboxylic acids is 3. The van der Waals surface area contributed by atoms with Gasteiger partial charge in [-0.3, -0.25) is 19.4 Å². The molecule has 1 aromatic carbocycles. The topological polar surface area (TPSA) is 60.9 Å². The number of imide groups is 2. The van der Waals surface area contributed by atoms with E-state index in [9.17, 15) is 18.8 Å². The first kappa shape index (κ1) is 18.8. The first-order chi connectivity index (χ1) is 13.5. The molecule has 0 spiro atoms. The number of hydrogen-bond acceptors (Lipinski definition) is 5. The largest absolute Gasteiger partial charge is 0.335 e. The van der Waals surface area contributed by atoms with Crippen LogP contribution in [0.1, 0.15) is 23.3 Å². The second-order valence-corrected chi connectivity index (χ2v) is 8.08. The van der Waals surface area contributed by atoms with E-state index in [1.54, 1.807) is 23.5 Å². The highest BCUT2D eigenvalue weighted by atomic mass is 32.1. The fourth-order valence-corrected chi connectivity index (χ4v) is 3.99. The average molecular weight is 401 g/mol. The molecule has 1 aliphatic heterocycles. The van der Waals surface area contributed by atoms with E-state index in [0.717, 1.165) is 33.1 Å². The van der Waals surface area contributed by atoms with E-state index < -0.39 is 17.8 Å². The molecule has 1 saturated carbocycles. The van der Waals surface area contributed by atoms with Gasteiger partial charge < -0.3 is 0 Å². The van der Waals surface area contributed by atoms with Crippen molar-refractivity contribution in [1.29, 1.82) is 0 Å². The second-order valence-electron chi connectivity index (χ2n) is 7.05. The Labute approximate surface area is 166 Å². The van der Waals surface area contributed by atoms with Crippen LogP contribution in [0.4, 0.5) is 9.18 Å². The zero-order chi connectivity index (χ0) is 19.7. The molecular weight excluding hydrogens is 381 g/mol. The minimum atomic E-state index is -0.777. The third kappa shape index (κ3) is 3.98. The first-order valence-corrected chi connectivity index (χ1v) is 10.1. The Hall–Kier alpha value is -2.58. The van der Waals surface area contributed by atoms with E-state index >= 15 is 0 Å². The molecule has 1 aliphatic carbocycles. The quantitative estimate of drug-likeness (QED) is 0.504. The predicted octanol–water partition coefficient (Wildman–Crippen LogP) is 2.84. The normalized spacial score (nSPS) is 17.3. The molecule has 2 aromatic rings. The zero-order valence-electron chi connectivity index (χ0n) is 15.2. The van der Waals surface area contributed by atoms with Crippen molar-refractivity contribution in [3.05, 3.63) is 58.0 Å². The van der Waals surface area contributed by atoms with Crippen LogP contribution in [-0.2, 0) is 22.6 Å². The van der Waals surface area contributed by atoms with E-state index in [1.807, 2.05) is 22.4 Å². The number of rotatable bonds is 8. The third-order valence-corrected chi connectivity index (χ3v) is 5.92. The monoisotopic (exact) mass is 401 g/mol. The summed E-state index contributed by atoms with van der Waals surface area (Å²) in [5.74, 6) is -1.85. The van der Waals surface area contributed by atoms with Gasteiger partial charge in [0, 0.05) is 30.4 Å². The van der Waals surface area contributed by atoms with Gasteiger partial charge in [-0.1, -0.05) is 18.2 Å². The lowest BCUT2D eigenvalue weighted by atomic mass is 10.2. The molecule has 0 bridgehead atoms. The minimum absolute atomic E-state index is 0.0704. The number of urea groups is 1. The van der Waals surface area contributed by atoms with Gasteiger partial charge in [-0.15, -0.1) is 11.3 Å². The highest BCUT2D eigenvalue weighted by Crippen LogP contribution is 2.29. The molecule has 1 saturated heterocycles. The molecule has 8 heteroatoms. The number of thiophene rings is 1. The summed E-state index contributed by atoms with van der Waals surface area (Å²) < 4.78 is 13.1. The predicted molar refractivity (Wildman–Crippen MR) is 102 cm³/mol. The third-order valence-electron chi connectivity index (χ3n) is 4.98. The highest BCUT2D eigenvalue weighted by molar-refractivity contribution is 7.09. The van der Waals surface area contributed by atoms with Gasteiger partial charge in [-0.05, 0) is 42.0 Å². The molecule has 2 aliphatic rings. The van der Waals surface area contributed by atoms with Gasteiger partial charge >= 0.3 is 17.8 Å². The summed E-state index contributed by atoms with van der Waals surface area (Å²) >= 11 is 1.55. The van der Waals surface area contributed by atoms with Crippen molar-refractivity contribution < 1.29 is 18.8 Å². The maximum Gasteiger partial charge on any atom is 0.335 e. The molecule has 0 unspecified atom stereocenters. The van der Waals surface area contributed by atoms with Crippen molar-refractivity contribution in [2.24, 2.45) is 0 Å². The number of amides is 4. The van der Waals surface area contributed by atoms with Crippen LogP contribution in [0.5, 0.6) is 0 Å². The van der Waals surface area contributed by atoms with Crippen molar-refractivity contribution in [2.75, 3.05) is 13.2 Å². The Morgan fingerprint density at radius 3 is 2.39 bits per heavy atom. The summed E-state index contributed by atoms with van der Waals surface area (Å²) in [7, 11) is 0. The van der Waals surface area contributed by atoms with Crippen LogP contribution in [0.3, 0.4) is 0 Å². The standard InChI is InChI=1S/C20H20FN3O3S/c21-15-5-3-14(4-6-15)12-22(16-7-8-16)13-24-19(26)18(25)23(20(24)27)10-9-17-2-1-11-28-17/h1-6,11,16H,7-10,12-13H2. The molecule has 0 atom stereocenters. The van der Waals surface area contributed by atoms with E-state index in [0.29, 0.717) is 13.0 Å². The lowest BCUT2D eigenvalue weighted by Crippen LogP contribution is -2.43.